The molecular formula is C10H12N4O4. The number of anilines is 1. The standard InChI is InChI=1S/C10H12N4O4/c11-7(15)6-8(13-3-2-12-6)14-10(9(16)17)1-4-18-5-10/h2-3H,1,4-5H2,(H2,11,15)(H,13,14)(H,16,17). The average molecular weight is 252 g/mol. The summed E-state index contributed by atoms with van der Waals surface area (Å²) in [6, 6.07) is 0. The van der Waals surface area contributed by atoms with Crippen molar-refractivity contribution < 1.29 is 19.4 Å². The van der Waals surface area contributed by atoms with E-state index in [1.54, 1.807) is 0 Å². The van der Waals surface area contributed by atoms with E-state index >= 15 is 0 Å². The summed E-state index contributed by atoms with van der Waals surface area (Å²) in [4.78, 5) is 30.1. The lowest BCUT2D eigenvalue weighted by Gasteiger charge is -2.24. The quantitative estimate of drug-likeness (QED) is 0.642. The van der Waals surface area contributed by atoms with Gasteiger partial charge in [-0.2, -0.15) is 0 Å². The van der Waals surface area contributed by atoms with Crippen LogP contribution in [0, 0.1) is 0 Å². The normalized spacial score (nSPS) is 22.7. The minimum atomic E-state index is -1.29. The summed E-state index contributed by atoms with van der Waals surface area (Å²) < 4.78 is 5.09. The summed E-state index contributed by atoms with van der Waals surface area (Å²) >= 11 is 0. The van der Waals surface area contributed by atoms with Crippen molar-refractivity contribution in [3.8, 4) is 0 Å². The van der Waals surface area contributed by atoms with Crippen LogP contribution in [-0.2, 0) is 9.53 Å². The van der Waals surface area contributed by atoms with E-state index in [-0.39, 0.29) is 24.5 Å². The Kier molecular flexibility index (Phi) is 3.11. The van der Waals surface area contributed by atoms with Crippen molar-refractivity contribution in [2.75, 3.05) is 18.5 Å². The summed E-state index contributed by atoms with van der Waals surface area (Å²) in [5, 5.41) is 12.0. The van der Waals surface area contributed by atoms with E-state index in [1.165, 1.54) is 12.4 Å². The summed E-state index contributed by atoms with van der Waals surface area (Å²) in [6.07, 6.45) is 2.93. The number of nitrogens with zero attached hydrogens (tertiary/aromatic N) is 2. The van der Waals surface area contributed by atoms with Crippen molar-refractivity contribution >= 4 is 17.7 Å². The SMILES string of the molecule is NC(=O)c1nccnc1NC1(C(=O)O)CCOC1. The molecule has 0 aliphatic carbocycles. The van der Waals surface area contributed by atoms with Crippen LogP contribution in [0.25, 0.3) is 0 Å². The van der Waals surface area contributed by atoms with Crippen molar-refractivity contribution in [2.24, 2.45) is 5.73 Å². The molecule has 96 valence electrons. The third-order valence-electron chi connectivity index (χ3n) is 2.72. The molecule has 1 aliphatic heterocycles. The van der Waals surface area contributed by atoms with E-state index in [2.05, 4.69) is 15.3 Å². The Morgan fingerprint density at radius 3 is 2.72 bits per heavy atom. The molecule has 1 fully saturated rings. The molecule has 1 amide bonds. The van der Waals surface area contributed by atoms with Crippen LogP contribution in [0.15, 0.2) is 12.4 Å². The van der Waals surface area contributed by atoms with Crippen LogP contribution in [0.5, 0.6) is 0 Å². The number of rotatable bonds is 4. The van der Waals surface area contributed by atoms with Crippen molar-refractivity contribution in [2.45, 2.75) is 12.0 Å². The highest BCUT2D eigenvalue weighted by Crippen LogP contribution is 2.24. The molecule has 18 heavy (non-hydrogen) atoms. The van der Waals surface area contributed by atoms with Gasteiger partial charge in [-0.1, -0.05) is 0 Å². The van der Waals surface area contributed by atoms with Crippen LogP contribution in [-0.4, -0.2) is 45.7 Å². The molecule has 0 spiro atoms. The Morgan fingerprint density at radius 1 is 1.44 bits per heavy atom. The molecule has 8 heteroatoms. The molecule has 1 aliphatic rings. The molecule has 2 heterocycles. The molecular weight excluding hydrogens is 240 g/mol. The Hall–Kier alpha value is -2.22. The first-order chi connectivity index (χ1) is 8.55. The van der Waals surface area contributed by atoms with E-state index in [0.29, 0.717) is 6.61 Å². The second-order valence-electron chi connectivity index (χ2n) is 3.93. The fourth-order valence-electron chi connectivity index (χ4n) is 1.72. The number of carboxylic acid groups (broad SMARTS) is 1. The second-order valence-corrected chi connectivity index (χ2v) is 3.93. The molecule has 0 radical (unpaired) electrons. The van der Waals surface area contributed by atoms with Crippen LogP contribution in [0.3, 0.4) is 0 Å². The number of carbonyl (C=O) groups excluding carboxylic acids is 1. The largest absolute Gasteiger partial charge is 0.479 e. The fourth-order valence-corrected chi connectivity index (χ4v) is 1.72. The molecule has 0 saturated carbocycles. The first kappa shape index (κ1) is 12.2. The molecule has 8 nitrogen and oxygen atoms in total. The lowest BCUT2D eigenvalue weighted by atomic mass is 9.99. The highest BCUT2D eigenvalue weighted by atomic mass is 16.5. The maximum atomic E-state index is 11.3. The molecule has 4 N–H and O–H groups in total. The first-order valence-electron chi connectivity index (χ1n) is 5.25. The van der Waals surface area contributed by atoms with Crippen molar-refractivity contribution in [3.63, 3.8) is 0 Å². The number of aromatic nitrogens is 2. The molecule has 1 saturated heterocycles. The van der Waals surface area contributed by atoms with Gasteiger partial charge in [0.25, 0.3) is 5.91 Å². The molecule has 0 aromatic carbocycles. The Morgan fingerprint density at radius 2 is 2.17 bits per heavy atom. The van der Waals surface area contributed by atoms with Gasteiger partial charge in [-0.05, 0) is 0 Å². The van der Waals surface area contributed by atoms with Gasteiger partial charge in [-0.15, -0.1) is 0 Å². The highest BCUT2D eigenvalue weighted by molar-refractivity contribution is 5.96. The topological polar surface area (TPSA) is 127 Å². The van der Waals surface area contributed by atoms with Gasteiger partial charge in [-0.25, -0.2) is 14.8 Å². The number of amides is 1. The van der Waals surface area contributed by atoms with Gasteiger partial charge < -0.3 is 20.9 Å². The van der Waals surface area contributed by atoms with Crippen molar-refractivity contribution in [3.05, 3.63) is 18.1 Å². The van der Waals surface area contributed by atoms with Crippen LogP contribution in [0.4, 0.5) is 5.82 Å². The summed E-state index contributed by atoms with van der Waals surface area (Å²) in [5.41, 5.74) is 3.76. The van der Waals surface area contributed by atoms with Gasteiger partial charge in [-0.3, -0.25) is 4.79 Å². The zero-order valence-electron chi connectivity index (χ0n) is 9.42. The van der Waals surface area contributed by atoms with E-state index in [1.807, 2.05) is 0 Å². The average Bonchev–Trinajstić information content (AvgIpc) is 2.79. The molecule has 2 rings (SSSR count). The molecule has 1 aromatic rings. The zero-order chi connectivity index (χ0) is 13.2. The van der Waals surface area contributed by atoms with E-state index in [9.17, 15) is 14.7 Å². The number of ether oxygens (including phenoxy) is 1. The third kappa shape index (κ3) is 2.09. The number of nitrogens with one attached hydrogen (secondary N) is 1. The number of hydrogen-bond acceptors (Lipinski definition) is 6. The van der Waals surface area contributed by atoms with Gasteiger partial charge in [0.15, 0.2) is 17.1 Å². The minimum Gasteiger partial charge on any atom is -0.479 e. The Labute approximate surface area is 102 Å². The van der Waals surface area contributed by atoms with Crippen LogP contribution in [0.1, 0.15) is 16.9 Å². The zero-order valence-corrected chi connectivity index (χ0v) is 9.42. The van der Waals surface area contributed by atoms with Gasteiger partial charge in [0.05, 0.1) is 6.61 Å². The maximum absolute atomic E-state index is 11.3. The molecule has 1 unspecified atom stereocenters. The van der Waals surface area contributed by atoms with E-state index in [4.69, 9.17) is 10.5 Å². The molecule has 0 bridgehead atoms. The predicted molar refractivity (Wildman–Crippen MR) is 60.0 cm³/mol. The number of primary amides is 1. The number of carboxylic acids is 1. The van der Waals surface area contributed by atoms with Gasteiger partial charge in [0.2, 0.25) is 0 Å². The number of aliphatic carboxylic acids is 1. The smallest absolute Gasteiger partial charge is 0.331 e. The third-order valence-corrected chi connectivity index (χ3v) is 2.72. The number of nitrogens with two attached hydrogens (primary N) is 1. The Bertz CT molecular complexity index is 485. The predicted octanol–water partition coefficient (Wildman–Crippen LogP) is -0.769. The maximum Gasteiger partial charge on any atom is 0.331 e. The highest BCUT2D eigenvalue weighted by Gasteiger charge is 2.43. The summed E-state index contributed by atoms with van der Waals surface area (Å²) in [7, 11) is 0. The number of hydrogen-bond donors (Lipinski definition) is 3. The Balaban J connectivity index is 2.33. The van der Waals surface area contributed by atoms with Gasteiger partial charge in [0, 0.05) is 25.4 Å². The lowest BCUT2D eigenvalue weighted by molar-refractivity contribution is -0.142. The van der Waals surface area contributed by atoms with Gasteiger partial charge >= 0.3 is 5.97 Å². The lowest BCUT2D eigenvalue weighted by Crippen LogP contribution is -2.47. The van der Waals surface area contributed by atoms with Crippen molar-refractivity contribution in [1.29, 1.82) is 0 Å². The summed E-state index contributed by atoms with van der Waals surface area (Å²) in [5.74, 6) is -1.79. The van der Waals surface area contributed by atoms with Crippen LogP contribution < -0.4 is 11.1 Å². The fraction of sp³-hybridized carbons (Fsp3) is 0.400. The summed E-state index contributed by atoms with van der Waals surface area (Å²) in [6.45, 7) is 0.322. The first-order valence-corrected chi connectivity index (χ1v) is 5.25. The number of carbonyl (C=O) groups is 2. The second kappa shape index (κ2) is 4.57. The monoisotopic (exact) mass is 252 g/mol. The van der Waals surface area contributed by atoms with Crippen LogP contribution in [0.2, 0.25) is 0 Å². The minimum absolute atomic E-state index is 0.00287. The molecule has 1 atom stereocenters. The van der Waals surface area contributed by atoms with E-state index in [0.717, 1.165) is 0 Å². The van der Waals surface area contributed by atoms with E-state index < -0.39 is 17.4 Å². The van der Waals surface area contributed by atoms with Crippen molar-refractivity contribution in [1.82, 2.24) is 9.97 Å². The van der Waals surface area contributed by atoms with Crippen LogP contribution >= 0.6 is 0 Å². The van der Waals surface area contributed by atoms with Gasteiger partial charge in [0.1, 0.15) is 0 Å². The molecule has 1 aromatic heterocycles.